The van der Waals surface area contributed by atoms with Crippen LogP contribution in [-0.4, -0.2) is 48.3 Å². The van der Waals surface area contributed by atoms with E-state index in [9.17, 15) is 4.79 Å². The predicted octanol–water partition coefficient (Wildman–Crippen LogP) is 2.13. The Bertz CT molecular complexity index is 502. The molecule has 1 aromatic rings. The third-order valence-corrected chi connectivity index (χ3v) is 4.34. The topological polar surface area (TPSA) is 62.6 Å². The summed E-state index contributed by atoms with van der Waals surface area (Å²) in [5.41, 5.74) is 1.52. The van der Waals surface area contributed by atoms with Crippen LogP contribution in [0.15, 0.2) is 6.07 Å². The summed E-state index contributed by atoms with van der Waals surface area (Å²) in [5, 5.41) is 4.49. The predicted molar refractivity (Wildman–Crippen MR) is 80.0 cm³/mol. The van der Waals surface area contributed by atoms with Crippen LogP contribution in [0.25, 0.3) is 0 Å². The van der Waals surface area contributed by atoms with Crippen LogP contribution in [-0.2, 0) is 20.8 Å². The average Bonchev–Trinajstić information content (AvgIpc) is 3.19. The van der Waals surface area contributed by atoms with Crippen LogP contribution in [0.2, 0.25) is 0 Å². The van der Waals surface area contributed by atoms with E-state index in [4.69, 9.17) is 14.2 Å². The minimum absolute atomic E-state index is 0.202. The van der Waals surface area contributed by atoms with Gasteiger partial charge in [-0.25, -0.2) is 4.79 Å². The number of ether oxygens (including phenoxy) is 3. The van der Waals surface area contributed by atoms with Crippen molar-refractivity contribution in [3.8, 4) is 0 Å². The van der Waals surface area contributed by atoms with Gasteiger partial charge in [0.05, 0.1) is 19.3 Å². The fourth-order valence-electron chi connectivity index (χ4n) is 3.19. The normalized spacial score (nSPS) is 22.9. The third kappa shape index (κ3) is 3.50. The van der Waals surface area contributed by atoms with Gasteiger partial charge in [-0.3, -0.25) is 4.68 Å². The molecule has 3 rings (SSSR count). The van der Waals surface area contributed by atoms with Crippen molar-refractivity contribution in [1.82, 2.24) is 9.78 Å². The van der Waals surface area contributed by atoms with Gasteiger partial charge >= 0.3 is 5.97 Å². The fraction of sp³-hybridized carbons (Fsp3) is 0.750. The van der Waals surface area contributed by atoms with Gasteiger partial charge in [0.1, 0.15) is 0 Å². The van der Waals surface area contributed by atoms with Crippen molar-refractivity contribution in [3.63, 3.8) is 0 Å². The molecule has 2 aliphatic rings. The number of rotatable bonds is 5. The summed E-state index contributed by atoms with van der Waals surface area (Å²) in [5.74, 6) is 0.0488. The number of nitrogens with zero attached hydrogens (tertiary/aromatic N) is 2. The van der Waals surface area contributed by atoms with E-state index in [2.05, 4.69) is 5.10 Å². The van der Waals surface area contributed by atoms with Crippen LogP contribution < -0.4 is 0 Å². The van der Waals surface area contributed by atoms with Crippen molar-refractivity contribution in [2.24, 2.45) is 0 Å². The van der Waals surface area contributed by atoms with E-state index in [0.29, 0.717) is 24.8 Å². The molecule has 6 nitrogen and oxygen atoms in total. The van der Waals surface area contributed by atoms with Crippen LogP contribution in [0.4, 0.5) is 0 Å². The lowest BCUT2D eigenvalue weighted by molar-refractivity contribution is 0.0516. The Labute approximate surface area is 130 Å². The maximum absolute atomic E-state index is 12.0. The largest absolute Gasteiger partial charge is 0.461 e. The Kier molecular flexibility index (Phi) is 5.10. The zero-order chi connectivity index (χ0) is 15.4. The Morgan fingerprint density at radius 2 is 2.18 bits per heavy atom. The highest BCUT2D eigenvalue weighted by atomic mass is 16.5. The van der Waals surface area contributed by atoms with Crippen molar-refractivity contribution in [2.75, 3.05) is 26.4 Å². The van der Waals surface area contributed by atoms with E-state index in [1.807, 2.05) is 10.7 Å². The molecule has 0 saturated carbocycles. The number of aromatic nitrogens is 2. The molecule has 0 N–H and O–H groups in total. The molecule has 1 atom stereocenters. The van der Waals surface area contributed by atoms with Crippen LogP contribution in [0, 0.1) is 0 Å². The van der Waals surface area contributed by atoms with Crippen molar-refractivity contribution in [2.45, 2.75) is 51.2 Å². The number of hydrogen-bond acceptors (Lipinski definition) is 5. The second kappa shape index (κ2) is 7.24. The first kappa shape index (κ1) is 15.5. The standard InChI is InChI=1S/C16H24N2O4/c1-2-21-16(19)14-10-15(12-5-8-20-9-6-12)18(17-14)11-13-4-3-7-22-13/h10,12-13H,2-9,11H2,1H3. The molecule has 22 heavy (non-hydrogen) atoms. The van der Waals surface area contributed by atoms with Crippen molar-refractivity contribution in [3.05, 3.63) is 17.5 Å². The lowest BCUT2D eigenvalue weighted by atomic mass is 9.96. The van der Waals surface area contributed by atoms with Crippen LogP contribution in [0.5, 0.6) is 0 Å². The average molecular weight is 308 g/mol. The second-order valence-corrected chi connectivity index (χ2v) is 5.88. The molecule has 1 unspecified atom stereocenters. The van der Waals surface area contributed by atoms with Gasteiger partial charge in [-0.05, 0) is 38.7 Å². The van der Waals surface area contributed by atoms with Gasteiger partial charge in [-0.2, -0.15) is 5.10 Å². The monoisotopic (exact) mass is 308 g/mol. The first-order chi connectivity index (χ1) is 10.8. The molecule has 6 heteroatoms. The summed E-state index contributed by atoms with van der Waals surface area (Å²) >= 11 is 0. The minimum atomic E-state index is -0.345. The smallest absolute Gasteiger partial charge is 0.358 e. The van der Waals surface area contributed by atoms with E-state index in [1.54, 1.807) is 6.92 Å². The van der Waals surface area contributed by atoms with Gasteiger partial charge in [0.15, 0.2) is 5.69 Å². The summed E-state index contributed by atoms with van der Waals surface area (Å²) in [6, 6.07) is 1.89. The Balaban J connectivity index is 1.81. The summed E-state index contributed by atoms with van der Waals surface area (Å²) in [4.78, 5) is 12.0. The molecule has 2 fully saturated rings. The molecule has 0 spiro atoms. The first-order valence-electron chi connectivity index (χ1n) is 8.22. The van der Waals surface area contributed by atoms with Crippen molar-refractivity contribution >= 4 is 5.97 Å². The van der Waals surface area contributed by atoms with E-state index >= 15 is 0 Å². The van der Waals surface area contributed by atoms with E-state index in [-0.39, 0.29) is 12.1 Å². The lowest BCUT2D eigenvalue weighted by Gasteiger charge is -2.23. The van der Waals surface area contributed by atoms with Gasteiger partial charge in [0, 0.05) is 31.4 Å². The molecular formula is C16H24N2O4. The van der Waals surface area contributed by atoms with E-state index < -0.39 is 0 Å². The zero-order valence-corrected chi connectivity index (χ0v) is 13.1. The molecule has 1 aromatic heterocycles. The van der Waals surface area contributed by atoms with Gasteiger partial charge in [-0.15, -0.1) is 0 Å². The lowest BCUT2D eigenvalue weighted by Crippen LogP contribution is -2.22. The second-order valence-electron chi connectivity index (χ2n) is 5.88. The number of esters is 1. The van der Waals surface area contributed by atoms with E-state index in [0.717, 1.165) is 51.2 Å². The van der Waals surface area contributed by atoms with Gasteiger partial charge in [-0.1, -0.05) is 0 Å². The van der Waals surface area contributed by atoms with Crippen LogP contribution in [0.3, 0.4) is 0 Å². The minimum Gasteiger partial charge on any atom is -0.461 e. The number of carbonyl (C=O) groups is 1. The highest BCUT2D eigenvalue weighted by molar-refractivity contribution is 5.87. The Morgan fingerprint density at radius 1 is 1.36 bits per heavy atom. The molecule has 122 valence electrons. The molecule has 0 aliphatic carbocycles. The molecule has 3 heterocycles. The summed E-state index contributed by atoms with van der Waals surface area (Å²) in [7, 11) is 0. The maximum Gasteiger partial charge on any atom is 0.358 e. The Morgan fingerprint density at radius 3 is 2.86 bits per heavy atom. The highest BCUT2D eigenvalue weighted by Crippen LogP contribution is 2.28. The third-order valence-electron chi connectivity index (χ3n) is 4.34. The zero-order valence-electron chi connectivity index (χ0n) is 13.1. The van der Waals surface area contributed by atoms with Crippen molar-refractivity contribution in [1.29, 1.82) is 0 Å². The first-order valence-corrected chi connectivity index (χ1v) is 8.22. The molecule has 0 bridgehead atoms. The SMILES string of the molecule is CCOC(=O)c1cc(C2CCOCC2)n(CC2CCCO2)n1. The van der Waals surface area contributed by atoms with Gasteiger partial charge in [0.25, 0.3) is 0 Å². The van der Waals surface area contributed by atoms with Gasteiger partial charge < -0.3 is 14.2 Å². The van der Waals surface area contributed by atoms with Crippen LogP contribution in [0.1, 0.15) is 54.7 Å². The summed E-state index contributed by atoms with van der Waals surface area (Å²) < 4.78 is 18.2. The summed E-state index contributed by atoms with van der Waals surface area (Å²) in [6.07, 6.45) is 4.30. The molecule has 2 aliphatic heterocycles. The van der Waals surface area contributed by atoms with Crippen LogP contribution >= 0.6 is 0 Å². The number of carbonyl (C=O) groups excluding carboxylic acids is 1. The molecule has 0 aromatic carbocycles. The molecular weight excluding hydrogens is 284 g/mol. The van der Waals surface area contributed by atoms with Gasteiger partial charge in [0.2, 0.25) is 0 Å². The van der Waals surface area contributed by atoms with Crippen molar-refractivity contribution < 1.29 is 19.0 Å². The fourth-order valence-corrected chi connectivity index (χ4v) is 3.19. The molecule has 0 amide bonds. The quantitative estimate of drug-likeness (QED) is 0.780. The Hall–Kier alpha value is -1.40. The number of hydrogen-bond donors (Lipinski definition) is 0. The highest BCUT2D eigenvalue weighted by Gasteiger charge is 2.26. The maximum atomic E-state index is 12.0. The molecule has 0 radical (unpaired) electrons. The summed E-state index contributed by atoms with van der Waals surface area (Å²) in [6.45, 7) is 5.25. The van der Waals surface area contributed by atoms with E-state index in [1.165, 1.54) is 0 Å². The molecule has 2 saturated heterocycles.